The molecule has 3 nitrogen and oxygen atoms in total. The maximum Gasteiger partial charge on any atom is 0.190 e. The average Bonchev–Trinajstić information content (AvgIpc) is 2.42. The van der Waals surface area contributed by atoms with Crippen molar-refractivity contribution < 1.29 is 0 Å². The van der Waals surface area contributed by atoms with Crippen LogP contribution in [0.15, 0.2) is 16.6 Å². The summed E-state index contributed by atoms with van der Waals surface area (Å²) in [5.74, 6) is 2.14. The van der Waals surface area contributed by atoms with Crippen LogP contribution >= 0.6 is 35.7 Å². The average molecular weight is 397 g/mol. The van der Waals surface area contributed by atoms with Gasteiger partial charge in [0.2, 0.25) is 0 Å². The summed E-state index contributed by atoms with van der Waals surface area (Å²) < 4.78 is 0. The van der Waals surface area contributed by atoms with E-state index in [0.29, 0.717) is 0 Å². The van der Waals surface area contributed by atoms with Gasteiger partial charge in [-0.1, -0.05) is 11.6 Å². The number of halogens is 1. The Hall–Kier alpha value is 0.0900. The second-order valence-electron chi connectivity index (χ2n) is 4.63. The zero-order valence-electron chi connectivity index (χ0n) is 12.2. The molecule has 0 bridgehead atoms. The van der Waals surface area contributed by atoms with Crippen LogP contribution in [0.1, 0.15) is 38.5 Å². The lowest BCUT2D eigenvalue weighted by atomic mass is 9.97. The van der Waals surface area contributed by atoms with E-state index < -0.39 is 0 Å². The van der Waals surface area contributed by atoms with Crippen molar-refractivity contribution in [3.63, 3.8) is 0 Å². The lowest BCUT2D eigenvalue weighted by Gasteiger charge is -2.15. The van der Waals surface area contributed by atoms with E-state index in [9.17, 15) is 0 Å². The molecule has 5 heteroatoms. The molecule has 0 saturated carbocycles. The van der Waals surface area contributed by atoms with Crippen molar-refractivity contribution in [2.24, 2.45) is 4.99 Å². The highest BCUT2D eigenvalue weighted by molar-refractivity contribution is 14.0. The van der Waals surface area contributed by atoms with Gasteiger partial charge in [0.05, 0.1) is 0 Å². The lowest BCUT2D eigenvalue weighted by molar-refractivity contribution is 0.665. The predicted octanol–water partition coefficient (Wildman–Crippen LogP) is 3.41. The van der Waals surface area contributed by atoms with Gasteiger partial charge >= 0.3 is 0 Å². The number of hydrogen-bond donors (Lipinski definition) is 2. The van der Waals surface area contributed by atoms with Crippen LogP contribution in [0, 0.1) is 0 Å². The number of allylic oxidation sites excluding steroid dienone is 1. The van der Waals surface area contributed by atoms with E-state index in [1.807, 2.05) is 18.8 Å². The fourth-order valence-electron chi connectivity index (χ4n) is 2.12. The first-order valence-corrected chi connectivity index (χ1v) is 8.37. The first-order chi connectivity index (χ1) is 8.86. The molecular formula is C14H28IN3S. The summed E-state index contributed by atoms with van der Waals surface area (Å²) in [6, 6.07) is 0. The van der Waals surface area contributed by atoms with Crippen LogP contribution in [0.5, 0.6) is 0 Å². The number of aliphatic imine (C=N–C) groups is 1. The highest BCUT2D eigenvalue weighted by atomic mass is 127. The molecule has 0 aliphatic heterocycles. The van der Waals surface area contributed by atoms with E-state index >= 15 is 0 Å². The molecule has 0 aromatic rings. The van der Waals surface area contributed by atoms with E-state index in [2.05, 4.69) is 28.0 Å². The fourth-order valence-corrected chi connectivity index (χ4v) is 2.55. The van der Waals surface area contributed by atoms with Crippen LogP contribution in [-0.2, 0) is 0 Å². The van der Waals surface area contributed by atoms with Crippen LogP contribution in [-0.4, -0.2) is 38.1 Å². The van der Waals surface area contributed by atoms with Crippen LogP contribution in [0.3, 0.4) is 0 Å². The minimum atomic E-state index is 0. The highest BCUT2D eigenvalue weighted by Crippen LogP contribution is 2.19. The van der Waals surface area contributed by atoms with Gasteiger partial charge in [0.25, 0.3) is 0 Å². The molecule has 0 radical (unpaired) electrons. The number of thioether (sulfide) groups is 1. The van der Waals surface area contributed by atoms with Crippen molar-refractivity contribution in [3.8, 4) is 0 Å². The van der Waals surface area contributed by atoms with E-state index in [0.717, 1.165) is 25.5 Å². The second kappa shape index (κ2) is 13.1. The summed E-state index contributed by atoms with van der Waals surface area (Å²) in [5.41, 5.74) is 1.62. The van der Waals surface area contributed by atoms with Crippen molar-refractivity contribution in [2.45, 2.75) is 38.5 Å². The Morgan fingerprint density at radius 2 is 2.11 bits per heavy atom. The zero-order chi connectivity index (χ0) is 13.1. The van der Waals surface area contributed by atoms with E-state index in [-0.39, 0.29) is 24.0 Å². The zero-order valence-corrected chi connectivity index (χ0v) is 15.4. The molecule has 1 rings (SSSR count). The van der Waals surface area contributed by atoms with Crippen molar-refractivity contribution in [3.05, 3.63) is 11.6 Å². The molecule has 0 amide bonds. The Bertz CT molecular complexity index is 280. The molecule has 2 N–H and O–H groups in total. The van der Waals surface area contributed by atoms with Gasteiger partial charge in [0.15, 0.2) is 5.96 Å². The third-order valence-corrected chi connectivity index (χ3v) is 3.86. The molecule has 19 heavy (non-hydrogen) atoms. The van der Waals surface area contributed by atoms with Gasteiger partial charge in [0.1, 0.15) is 0 Å². The normalized spacial score (nSPS) is 15.5. The summed E-state index contributed by atoms with van der Waals surface area (Å²) in [6.07, 6.45) is 12.2. The fraction of sp³-hybridized carbons (Fsp3) is 0.786. The van der Waals surface area contributed by atoms with E-state index in [4.69, 9.17) is 0 Å². The van der Waals surface area contributed by atoms with Crippen molar-refractivity contribution in [1.82, 2.24) is 10.6 Å². The minimum absolute atomic E-state index is 0. The van der Waals surface area contributed by atoms with Crippen molar-refractivity contribution in [1.29, 1.82) is 0 Å². The summed E-state index contributed by atoms with van der Waals surface area (Å²) in [6.45, 7) is 2.00. The maximum atomic E-state index is 4.24. The Morgan fingerprint density at radius 3 is 2.74 bits per heavy atom. The molecule has 0 aromatic carbocycles. The first kappa shape index (κ1) is 19.1. The van der Waals surface area contributed by atoms with Gasteiger partial charge in [-0.25, -0.2) is 0 Å². The molecular weight excluding hydrogens is 369 g/mol. The Kier molecular flexibility index (Phi) is 13.2. The largest absolute Gasteiger partial charge is 0.356 e. The van der Waals surface area contributed by atoms with Gasteiger partial charge in [0, 0.05) is 20.1 Å². The third kappa shape index (κ3) is 9.60. The predicted molar refractivity (Wildman–Crippen MR) is 98.9 cm³/mol. The summed E-state index contributed by atoms with van der Waals surface area (Å²) in [5, 5.41) is 6.73. The molecule has 0 saturated heterocycles. The van der Waals surface area contributed by atoms with Gasteiger partial charge in [-0.3, -0.25) is 4.99 Å². The molecule has 0 fully saturated rings. The summed E-state index contributed by atoms with van der Waals surface area (Å²) >= 11 is 1.89. The summed E-state index contributed by atoms with van der Waals surface area (Å²) in [7, 11) is 1.84. The number of nitrogens with one attached hydrogen (secondary N) is 2. The van der Waals surface area contributed by atoms with Gasteiger partial charge in [-0.15, -0.1) is 24.0 Å². The van der Waals surface area contributed by atoms with E-state index in [1.165, 1.54) is 37.9 Å². The minimum Gasteiger partial charge on any atom is -0.356 e. The standard InChI is InChI=1S/C14H27N3S.HI/c1-15-14(16-10-6-12-18-2)17-11-9-13-7-4-3-5-8-13;/h7H,3-6,8-12H2,1-2H3,(H2,15,16,17);1H. The third-order valence-electron chi connectivity index (χ3n) is 3.16. The second-order valence-corrected chi connectivity index (χ2v) is 5.62. The molecule has 1 aliphatic carbocycles. The highest BCUT2D eigenvalue weighted by Gasteiger charge is 2.03. The first-order valence-electron chi connectivity index (χ1n) is 6.98. The SMILES string of the molecule is CN=C(NCCCSC)NCCC1=CCCCC1.I. The molecule has 0 spiro atoms. The van der Waals surface area contributed by atoms with Gasteiger partial charge in [-0.2, -0.15) is 11.8 Å². The molecule has 1 aliphatic rings. The monoisotopic (exact) mass is 397 g/mol. The van der Waals surface area contributed by atoms with Crippen molar-refractivity contribution in [2.75, 3.05) is 32.1 Å². The number of hydrogen-bond acceptors (Lipinski definition) is 2. The smallest absolute Gasteiger partial charge is 0.190 e. The molecule has 0 unspecified atom stereocenters. The summed E-state index contributed by atoms with van der Waals surface area (Å²) in [4.78, 5) is 4.24. The Balaban J connectivity index is 0.00000324. The lowest BCUT2D eigenvalue weighted by Crippen LogP contribution is -2.38. The topological polar surface area (TPSA) is 36.4 Å². The van der Waals surface area contributed by atoms with Crippen LogP contribution in [0.2, 0.25) is 0 Å². The van der Waals surface area contributed by atoms with Crippen LogP contribution in [0.4, 0.5) is 0 Å². The molecule has 0 atom stereocenters. The maximum absolute atomic E-state index is 4.24. The number of nitrogens with zero attached hydrogens (tertiary/aromatic N) is 1. The molecule has 0 heterocycles. The molecule has 0 aromatic heterocycles. The number of rotatable bonds is 7. The molecule has 112 valence electrons. The van der Waals surface area contributed by atoms with Gasteiger partial charge < -0.3 is 10.6 Å². The Morgan fingerprint density at radius 1 is 1.32 bits per heavy atom. The van der Waals surface area contributed by atoms with Crippen LogP contribution < -0.4 is 10.6 Å². The van der Waals surface area contributed by atoms with Crippen molar-refractivity contribution >= 4 is 41.7 Å². The van der Waals surface area contributed by atoms with E-state index in [1.54, 1.807) is 5.57 Å². The van der Waals surface area contributed by atoms with Gasteiger partial charge in [-0.05, 0) is 50.5 Å². The number of guanidine groups is 1. The quantitative estimate of drug-likeness (QED) is 0.227. The van der Waals surface area contributed by atoms with Crippen LogP contribution in [0.25, 0.3) is 0 Å². The Labute approximate surface area is 139 Å².